The normalized spacial score (nSPS) is 14.9. The molecule has 28 heavy (non-hydrogen) atoms. The Morgan fingerprint density at radius 3 is 2.71 bits per heavy atom. The Hall–Kier alpha value is -1.13. The van der Waals surface area contributed by atoms with Crippen molar-refractivity contribution in [3.63, 3.8) is 0 Å². The van der Waals surface area contributed by atoms with E-state index in [1.165, 1.54) is 18.9 Å². The first-order valence-corrected chi connectivity index (χ1v) is 9.67. The summed E-state index contributed by atoms with van der Waals surface area (Å²) in [6, 6.07) is 5.03. The number of halogens is 2. The van der Waals surface area contributed by atoms with Crippen LogP contribution in [0.1, 0.15) is 38.3 Å². The fourth-order valence-electron chi connectivity index (χ4n) is 2.47. The molecule has 160 valence electrons. The second kappa shape index (κ2) is 13.9. The summed E-state index contributed by atoms with van der Waals surface area (Å²) < 4.78 is 30.2. The lowest BCUT2D eigenvalue weighted by Gasteiger charge is -2.19. The molecule has 1 aromatic carbocycles. The molecule has 0 spiro atoms. The van der Waals surface area contributed by atoms with Crippen LogP contribution >= 0.6 is 24.0 Å². The molecule has 0 heterocycles. The quantitative estimate of drug-likeness (QED) is 0.196. The SMILES string of the molecule is CCNC(=NCCOCCOC)NC(C)c1ccc(OCC2CC2)c(F)c1.I. The van der Waals surface area contributed by atoms with Crippen LogP contribution in [0.4, 0.5) is 4.39 Å². The molecule has 1 aromatic rings. The van der Waals surface area contributed by atoms with Crippen molar-refractivity contribution in [2.45, 2.75) is 32.7 Å². The highest BCUT2D eigenvalue weighted by molar-refractivity contribution is 14.0. The first-order chi connectivity index (χ1) is 13.1. The van der Waals surface area contributed by atoms with Gasteiger partial charge in [0, 0.05) is 13.7 Å². The fourth-order valence-corrected chi connectivity index (χ4v) is 2.47. The molecule has 0 bridgehead atoms. The van der Waals surface area contributed by atoms with Crippen LogP contribution in [0.25, 0.3) is 0 Å². The van der Waals surface area contributed by atoms with Crippen LogP contribution in [-0.4, -0.2) is 52.6 Å². The van der Waals surface area contributed by atoms with Crippen LogP contribution in [0.2, 0.25) is 0 Å². The Bertz CT molecular complexity index is 600. The molecule has 1 aliphatic carbocycles. The molecule has 2 N–H and O–H groups in total. The van der Waals surface area contributed by atoms with E-state index in [4.69, 9.17) is 14.2 Å². The second-order valence-corrected chi connectivity index (χ2v) is 6.68. The molecule has 0 amide bonds. The molecule has 0 saturated heterocycles. The van der Waals surface area contributed by atoms with Crippen molar-refractivity contribution in [3.8, 4) is 5.75 Å². The molecule has 1 unspecified atom stereocenters. The lowest BCUT2D eigenvalue weighted by atomic mass is 10.1. The number of benzene rings is 1. The van der Waals surface area contributed by atoms with Gasteiger partial charge in [-0.05, 0) is 50.3 Å². The molecular formula is C20H33FIN3O3. The first-order valence-electron chi connectivity index (χ1n) is 9.67. The summed E-state index contributed by atoms with van der Waals surface area (Å²) in [5, 5.41) is 6.49. The van der Waals surface area contributed by atoms with E-state index >= 15 is 0 Å². The molecule has 0 aliphatic heterocycles. The summed E-state index contributed by atoms with van der Waals surface area (Å²) in [4.78, 5) is 4.48. The molecule has 0 aromatic heterocycles. The maximum Gasteiger partial charge on any atom is 0.191 e. The van der Waals surface area contributed by atoms with E-state index in [1.54, 1.807) is 13.2 Å². The van der Waals surface area contributed by atoms with Crippen molar-refractivity contribution in [2.24, 2.45) is 10.9 Å². The fraction of sp³-hybridized carbons (Fsp3) is 0.650. The summed E-state index contributed by atoms with van der Waals surface area (Å²) in [5.41, 5.74) is 0.841. The highest BCUT2D eigenvalue weighted by Crippen LogP contribution is 2.30. The van der Waals surface area contributed by atoms with Gasteiger partial charge in [-0.2, -0.15) is 0 Å². The number of guanidine groups is 1. The average Bonchev–Trinajstić information content (AvgIpc) is 3.48. The lowest BCUT2D eigenvalue weighted by molar-refractivity contribution is 0.0748. The van der Waals surface area contributed by atoms with Crippen molar-refractivity contribution >= 4 is 29.9 Å². The summed E-state index contributed by atoms with van der Waals surface area (Å²) in [5.74, 6) is 1.28. The van der Waals surface area contributed by atoms with Crippen LogP contribution in [0, 0.1) is 11.7 Å². The predicted molar refractivity (Wildman–Crippen MR) is 120 cm³/mol. The van der Waals surface area contributed by atoms with Gasteiger partial charge in [-0.1, -0.05) is 6.07 Å². The van der Waals surface area contributed by atoms with Crippen molar-refractivity contribution < 1.29 is 18.6 Å². The average molecular weight is 509 g/mol. The monoisotopic (exact) mass is 509 g/mol. The molecule has 2 rings (SSSR count). The molecule has 1 aliphatic rings. The summed E-state index contributed by atoms with van der Waals surface area (Å²) >= 11 is 0. The van der Waals surface area contributed by atoms with Gasteiger partial charge in [0.15, 0.2) is 17.5 Å². The smallest absolute Gasteiger partial charge is 0.191 e. The third-order valence-electron chi connectivity index (χ3n) is 4.26. The maximum absolute atomic E-state index is 14.3. The number of hydrogen-bond donors (Lipinski definition) is 2. The third-order valence-corrected chi connectivity index (χ3v) is 4.26. The lowest BCUT2D eigenvalue weighted by Crippen LogP contribution is -2.39. The van der Waals surface area contributed by atoms with Crippen molar-refractivity contribution in [2.75, 3.05) is 46.6 Å². The molecule has 1 fully saturated rings. The number of ether oxygens (including phenoxy) is 3. The maximum atomic E-state index is 14.3. The Kier molecular flexibility index (Phi) is 12.4. The molecule has 8 heteroatoms. The van der Waals surface area contributed by atoms with Crippen LogP contribution in [-0.2, 0) is 9.47 Å². The van der Waals surface area contributed by atoms with Gasteiger partial charge in [0.25, 0.3) is 0 Å². The summed E-state index contributed by atoms with van der Waals surface area (Å²) in [6.45, 7) is 7.51. The van der Waals surface area contributed by atoms with Crippen LogP contribution in [0.5, 0.6) is 5.75 Å². The molecule has 0 radical (unpaired) electrons. The van der Waals surface area contributed by atoms with Crippen LogP contribution in [0.15, 0.2) is 23.2 Å². The van der Waals surface area contributed by atoms with E-state index in [2.05, 4.69) is 15.6 Å². The molecule has 1 atom stereocenters. The second-order valence-electron chi connectivity index (χ2n) is 6.68. The van der Waals surface area contributed by atoms with Crippen molar-refractivity contribution in [3.05, 3.63) is 29.6 Å². The van der Waals surface area contributed by atoms with Crippen LogP contribution in [0.3, 0.4) is 0 Å². The zero-order valence-corrected chi connectivity index (χ0v) is 19.3. The van der Waals surface area contributed by atoms with E-state index in [0.717, 1.165) is 12.1 Å². The summed E-state index contributed by atoms with van der Waals surface area (Å²) in [6.07, 6.45) is 2.37. The number of aliphatic imine (C=N–C) groups is 1. The Labute approximate surface area is 184 Å². The van der Waals surface area contributed by atoms with E-state index < -0.39 is 0 Å². The Morgan fingerprint density at radius 1 is 1.29 bits per heavy atom. The van der Waals surface area contributed by atoms with E-state index in [1.807, 2.05) is 19.9 Å². The van der Waals surface area contributed by atoms with Gasteiger partial charge >= 0.3 is 0 Å². The number of nitrogens with one attached hydrogen (secondary N) is 2. The first kappa shape index (κ1) is 24.9. The van der Waals surface area contributed by atoms with Gasteiger partial charge in [-0.3, -0.25) is 4.99 Å². The van der Waals surface area contributed by atoms with Gasteiger partial charge in [0.05, 0.1) is 39.0 Å². The van der Waals surface area contributed by atoms with E-state index in [-0.39, 0.29) is 35.8 Å². The third kappa shape index (κ3) is 9.38. The minimum Gasteiger partial charge on any atom is -0.490 e. The van der Waals surface area contributed by atoms with Gasteiger partial charge in [-0.15, -0.1) is 24.0 Å². The van der Waals surface area contributed by atoms with Gasteiger partial charge in [-0.25, -0.2) is 4.39 Å². The Balaban J connectivity index is 0.00000392. The van der Waals surface area contributed by atoms with Gasteiger partial charge < -0.3 is 24.8 Å². The predicted octanol–water partition coefficient (Wildman–Crippen LogP) is 3.51. The molecule has 1 saturated carbocycles. The van der Waals surface area contributed by atoms with Crippen molar-refractivity contribution in [1.29, 1.82) is 0 Å². The van der Waals surface area contributed by atoms with E-state index in [0.29, 0.717) is 50.6 Å². The number of nitrogens with zero attached hydrogens (tertiary/aromatic N) is 1. The largest absolute Gasteiger partial charge is 0.490 e. The standard InChI is InChI=1S/C20H32FN3O3.HI/c1-4-22-20(23-9-10-26-12-11-25-3)24-15(2)17-7-8-19(18(21)13-17)27-14-16-5-6-16;/h7-8,13,15-16H,4-6,9-12,14H2,1-3H3,(H2,22,23,24);1H. The number of rotatable bonds is 12. The minimum atomic E-state index is -0.324. The van der Waals surface area contributed by atoms with E-state index in [9.17, 15) is 4.39 Å². The number of methoxy groups -OCH3 is 1. The highest BCUT2D eigenvalue weighted by Gasteiger charge is 2.22. The van der Waals surface area contributed by atoms with Crippen molar-refractivity contribution in [1.82, 2.24) is 10.6 Å². The zero-order chi connectivity index (χ0) is 19.5. The van der Waals surface area contributed by atoms with Crippen LogP contribution < -0.4 is 15.4 Å². The van der Waals surface area contributed by atoms with Gasteiger partial charge in [0.1, 0.15) is 0 Å². The molecule has 6 nitrogen and oxygen atoms in total. The summed E-state index contributed by atoms with van der Waals surface area (Å²) in [7, 11) is 1.64. The van der Waals surface area contributed by atoms with Gasteiger partial charge in [0.2, 0.25) is 0 Å². The topological polar surface area (TPSA) is 64.1 Å². The number of hydrogen-bond acceptors (Lipinski definition) is 4. The Morgan fingerprint density at radius 2 is 2.07 bits per heavy atom. The minimum absolute atomic E-state index is 0. The molecular weight excluding hydrogens is 476 g/mol. The highest BCUT2D eigenvalue weighted by atomic mass is 127. The zero-order valence-electron chi connectivity index (χ0n) is 17.0.